The van der Waals surface area contributed by atoms with Crippen LogP contribution in [0.25, 0.3) is 0 Å². The van der Waals surface area contributed by atoms with Gasteiger partial charge >= 0.3 is 0 Å². The predicted molar refractivity (Wildman–Crippen MR) is 87.5 cm³/mol. The maximum atomic E-state index is 12.3. The fraction of sp³-hybridized carbons (Fsp3) is 0.500. The van der Waals surface area contributed by atoms with Gasteiger partial charge in [0.2, 0.25) is 0 Å². The minimum atomic E-state index is -0.266. The molecule has 118 valence electrons. The monoisotopic (exact) mass is 300 g/mol. The van der Waals surface area contributed by atoms with E-state index in [0.29, 0.717) is 6.54 Å². The Kier molecular flexibility index (Phi) is 5.46. The van der Waals surface area contributed by atoms with Crippen molar-refractivity contribution in [1.82, 2.24) is 4.90 Å². The first-order chi connectivity index (χ1) is 10.7. The predicted octanol–water partition coefficient (Wildman–Crippen LogP) is 2.27. The van der Waals surface area contributed by atoms with E-state index in [1.807, 2.05) is 17.0 Å². The van der Waals surface area contributed by atoms with Crippen LogP contribution in [0, 0.1) is 12.3 Å². The molecule has 0 aromatic heterocycles. The Labute approximate surface area is 132 Å². The normalized spacial score (nSPS) is 20.2. The van der Waals surface area contributed by atoms with Crippen LogP contribution in [0.2, 0.25) is 0 Å². The molecule has 1 aliphatic rings. The summed E-state index contributed by atoms with van der Waals surface area (Å²) < 4.78 is 5.32. The molecule has 1 amide bonds. The summed E-state index contributed by atoms with van der Waals surface area (Å²) in [5.41, 5.74) is 8.26. The van der Waals surface area contributed by atoms with Crippen LogP contribution in [0.15, 0.2) is 18.2 Å². The van der Waals surface area contributed by atoms with Crippen LogP contribution < -0.4 is 10.5 Å². The van der Waals surface area contributed by atoms with Crippen LogP contribution in [0.3, 0.4) is 0 Å². The molecule has 2 atom stereocenters. The van der Waals surface area contributed by atoms with Crippen LogP contribution in [0.4, 0.5) is 0 Å². The van der Waals surface area contributed by atoms with E-state index in [-0.39, 0.29) is 18.0 Å². The molecule has 0 aliphatic carbocycles. The quantitative estimate of drug-likeness (QED) is 0.849. The average Bonchev–Trinajstić information content (AvgIpc) is 2.57. The molecule has 2 N–H and O–H groups in total. The molecule has 1 unspecified atom stereocenters. The standard InChI is InChI=1S/C18H24N2O2/c1-4-6-7-14-10-13-11-15(22-3)8-9-16(13)17(12-19)20(14)18(21)5-2/h2,8-9,11,14,17H,4,6-7,10,12,19H2,1,3H3/t14-,17?/m0/s1. The van der Waals surface area contributed by atoms with E-state index in [4.69, 9.17) is 16.9 Å². The second-order valence-electron chi connectivity index (χ2n) is 5.67. The molecule has 1 aliphatic heterocycles. The number of fused-ring (bicyclic) bond motifs is 1. The highest BCUT2D eigenvalue weighted by atomic mass is 16.5. The van der Waals surface area contributed by atoms with E-state index < -0.39 is 0 Å². The molecule has 0 saturated carbocycles. The molecule has 4 heteroatoms. The van der Waals surface area contributed by atoms with Crippen molar-refractivity contribution in [1.29, 1.82) is 0 Å². The molecule has 0 saturated heterocycles. The van der Waals surface area contributed by atoms with Gasteiger partial charge < -0.3 is 15.4 Å². The van der Waals surface area contributed by atoms with Crippen molar-refractivity contribution in [3.8, 4) is 18.1 Å². The Balaban J connectivity index is 2.43. The number of nitrogens with zero attached hydrogens (tertiary/aromatic N) is 1. The van der Waals surface area contributed by atoms with Gasteiger partial charge in [-0.1, -0.05) is 25.8 Å². The van der Waals surface area contributed by atoms with Crippen molar-refractivity contribution >= 4 is 5.91 Å². The summed E-state index contributed by atoms with van der Waals surface area (Å²) in [5.74, 6) is 2.83. The van der Waals surface area contributed by atoms with Crippen molar-refractivity contribution in [3.05, 3.63) is 29.3 Å². The number of benzene rings is 1. The summed E-state index contributed by atoms with van der Waals surface area (Å²) >= 11 is 0. The van der Waals surface area contributed by atoms with Crippen molar-refractivity contribution in [2.45, 2.75) is 44.7 Å². The number of terminal acetylenes is 1. The molecule has 1 heterocycles. The fourth-order valence-corrected chi connectivity index (χ4v) is 3.27. The highest BCUT2D eigenvalue weighted by Crippen LogP contribution is 2.36. The highest BCUT2D eigenvalue weighted by Gasteiger charge is 2.35. The lowest BCUT2D eigenvalue weighted by molar-refractivity contribution is -0.130. The number of rotatable bonds is 5. The van der Waals surface area contributed by atoms with Gasteiger partial charge in [-0.25, -0.2) is 0 Å². The molecule has 2 rings (SSSR count). The van der Waals surface area contributed by atoms with E-state index in [9.17, 15) is 4.79 Å². The van der Waals surface area contributed by atoms with Crippen LogP contribution in [-0.2, 0) is 11.2 Å². The topological polar surface area (TPSA) is 55.6 Å². The van der Waals surface area contributed by atoms with Gasteiger partial charge in [0.15, 0.2) is 0 Å². The maximum absolute atomic E-state index is 12.3. The van der Waals surface area contributed by atoms with Crippen molar-refractivity contribution in [2.24, 2.45) is 5.73 Å². The molecular weight excluding hydrogens is 276 g/mol. The van der Waals surface area contributed by atoms with E-state index in [1.165, 1.54) is 5.56 Å². The van der Waals surface area contributed by atoms with Gasteiger partial charge in [-0.15, -0.1) is 6.42 Å². The lowest BCUT2D eigenvalue weighted by Crippen LogP contribution is -2.49. The smallest absolute Gasteiger partial charge is 0.299 e. The second-order valence-corrected chi connectivity index (χ2v) is 5.67. The molecular formula is C18H24N2O2. The van der Waals surface area contributed by atoms with E-state index >= 15 is 0 Å². The Hall–Kier alpha value is -1.99. The number of unbranched alkanes of at least 4 members (excludes halogenated alkanes) is 1. The number of nitrogens with two attached hydrogens (primary N) is 1. The molecule has 0 spiro atoms. The summed E-state index contributed by atoms with van der Waals surface area (Å²) in [6.07, 6.45) is 9.27. The van der Waals surface area contributed by atoms with Gasteiger partial charge in [0.25, 0.3) is 5.91 Å². The maximum Gasteiger partial charge on any atom is 0.299 e. The number of hydrogen-bond acceptors (Lipinski definition) is 3. The lowest BCUT2D eigenvalue weighted by Gasteiger charge is -2.42. The zero-order valence-corrected chi connectivity index (χ0v) is 13.3. The summed E-state index contributed by atoms with van der Waals surface area (Å²) in [7, 11) is 1.66. The molecule has 0 radical (unpaired) electrons. The number of methoxy groups -OCH3 is 1. The van der Waals surface area contributed by atoms with E-state index in [0.717, 1.165) is 37.0 Å². The third-order valence-electron chi connectivity index (χ3n) is 4.37. The molecule has 22 heavy (non-hydrogen) atoms. The molecule has 4 nitrogen and oxygen atoms in total. The zero-order chi connectivity index (χ0) is 16.1. The molecule has 1 aromatic carbocycles. The number of carbonyl (C=O) groups is 1. The van der Waals surface area contributed by atoms with E-state index in [2.05, 4.69) is 18.9 Å². The van der Waals surface area contributed by atoms with Crippen LogP contribution in [0.5, 0.6) is 5.75 Å². The minimum absolute atomic E-state index is 0.108. The zero-order valence-electron chi connectivity index (χ0n) is 13.3. The summed E-state index contributed by atoms with van der Waals surface area (Å²) in [6, 6.07) is 5.91. The fourth-order valence-electron chi connectivity index (χ4n) is 3.27. The van der Waals surface area contributed by atoms with Crippen LogP contribution in [0.1, 0.15) is 43.4 Å². The number of hydrogen-bond donors (Lipinski definition) is 1. The first-order valence-electron chi connectivity index (χ1n) is 7.82. The van der Waals surface area contributed by atoms with Gasteiger partial charge in [-0.3, -0.25) is 4.79 Å². The summed E-state index contributed by atoms with van der Waals surface area (Å²) in [6.45, 7) is 2.52. The number of carbonyl (C=O) groups excluding carboxylic acids is 1. The summed E-state index contributed by atoms with van der Waals surface area (Å²) in [4.78, 5) is 14.1. The first-order valence-corrected chi connectivity index (χ1v) is 7.82. The lowest BCUT2D eigenvalue weighted by atomic mass is 9.86. The molecule has 1 aromatic rings. The molecule has 0 bridgehead atoms. The largest absolute Gasteiger partial charge is 0.497 e. The van der Waals surface area contributed by atoms with Gasteiger partial charge in [-0.2, -0.15) is 0 Å². The SMILES string of the molecule is C#CC(=O)N1C(CN)c2ccc(OC)cc2C[C@@H]1CCCC. The third-order valence-corrected chi connectivity index (χ3v) is 4.37. The highest BCUT2D eigenvalue weighted by molar-refractivity contribution is 5.93. The van der Waals surface area contributed by atoms with Crippen LogP contribution in [-0.4, -0.2) is 30.5 Å². The van der Waals surface area contributed by atoms with Crippen molar-refractivity contribution in [2.75, 3.05) is 13.7 Å². The van der Waals surface area contributed by atoms with Gasteiger partial charge in [-0.05, 0) is 42.0 Å². The van der Waals surface area contributed by atoms with Gasteiger partial charge in [0, 0.05) is 12.6 Å². The molecule has 0 fully saturated rings. The van der Waals surface area contributed by atoms with Crippen LogP contribution >= 0.6 is 0 Å². The van der Waals surface area contributed by atoms with Crippen molar-refractivity contribution < 1.29 is 9.53 Å². The van der Waals surface area contributed by atoms with Gasteiger partial charge in [0.1, 0.15) is 5.75 Å². The minimum Gasteiger partial charge on any atom is -0.497 e. The summed E-state index contributed by atoms with van der Waals surface area (Å²) in [5, 5.41) is 0. The Morgan fingerprint density at radius 3 is 2.91 bits per heavy atom. The Morgan fingerprint density at radius 2 is 2.32 bits per heavy atom. The average molecular weight is 300 g/mol. The van der Waals surface area contributed by atoms with Crippen molar-refractivity contribution in [3.63, 3.8) is 0 Å². The Morgan fingerprint density at radius 1 is 1.55 bits per heavy atom. The van der Waals surface area contributed by atoms with Gasteiger partial charge in [0.05, 0.1) is 13.2 Å². The van der Waals surface area contributed by atoms with E-state index in [1.54, 1.807) is 7.11 Å². The number of amides is 1. The first kappa shape index (κ1) is 16.4. The third kappa shape index (κ3) is 3.10. The number of ether oxygens (including phenoxy) is 1. The Bertz CT molecular complexity index is 577. The second kappa shape index (κ2) is 7.33.